The number of carbonyl (C=O) groups is 1. The number of H-pyrrole nitrogens is 1. The van der Waals surface area contributed by atoms with Gasteiger partial charge in [-0.2, -0.15) is 0 Å². The average molecular weight is 376 g/mol. The number of nitrogens with zero attached hydrogens (tertiary/aromatic N) is 5. The van der Waals surface area contributed by atoms with Crippen LogP contribution in [-0.4, -0.2) is 42.1 Å². The molecule has 0 bridgehead atoms. The van der Waals surface area contributed by atoms with Crippen molar-refractivity contribution in [2.24, 2.45) is 0 Å². The molecule has 2 N–H and O–H groups in total. The molecule has 1 aromatic carbocycles. The summed E-state index contributed by atoms with van der Waals surface area (Å²) in [6, 6.07) is 5.45. The zero-order chi connectivity index (χ0) is 17.4. The number of nitrogens with one attached hydrogen (secondary N) is 2. The molecule has 0 aliphatic rings. The average Bonchev–Trinajstić information content (AvgIpc) is 3.16. The molecule has 0 saturated heterocycles. The molecule has 0 aliphatic heterocycles. The van der Waals surface area contributed by atoms with Crippen molar-refractivity contribution in [3.05, 3.63) is 28.9 Å². The van der Waals surface area contributed by atoms with Crippen LogP contribution in [0.25, 0.3) is 22.1 Å². The number of anilines is 1. The molecule has 3 heterocycles. The second-order valence-electron chi connectivity index (χ2n) is 5.14. The molecule has 4 rings (SSSR count). The molecule has 126 valence electrons. The number of hydrogen-bond donors (Lipinski definition) is 2. The van der Waals surface area contributed by atoms with Gasteiger partial charge in [-0.05, 0) is 30.3 Å². The number of aryl methyl sites for hydroxylation is 1. The zero-order valence-corrected chi connectivity index (χ0v) is 14.4. The van der Waals surface area contributed by atoms with Crippen molar-refractivity contribution in [2.75, 3.05) is 11.1 Å². The van der Waals surface area contributed by atoms with Crippen molar-refractivity contribution in [3.8, 4) is 0 Å². The summed E-state index contributed by atoms with van der Waals surface area (Å²) in [5.41, 5.74) is 2.60. The van der Waals surface area contributed by atoms with E-state index in [0.29, 0.717) is 32.9 Å². The lowest BCUT2D eigenvalue weighted by Gasteiger charge is -2.00. The Balaban J connectivity index is 1.51. The smallest absolute Gasteiger partial charge is 0.236 e. The fourth-order valence-corrected chi connectivity index (χ4v) is 2.99. The zero-order valence-electron chi connectivity index (χ0n) is 12.8. The van der Waals surface area contributed by atoms with Crippen molar-refractivity contribution in [3.63, 3.8) is 0 Å². The van der Waals surface area contributed by atoms with Gasteiger partial charge in [0, 0.05) is 15.9 Å². The largest absolute Gasteiger partial charge is 0.338 e. The molecule has 4 aromatic rings. The molecular weight excluding hydrogens is 366 g/mol. The number of halogens is 1. The maximum Gasteiger partial charge on any atom is 0.236 e. The lowest BCUT2D eigenvalue weighted by Crippen LogP contribution is -2.15. The van der Waals surface area contributed by atoms with Gasteiger partial charge in [0.1, 0.15) is 11.2 Å². The minimum Gasteiger partial charge on any atom is -0.338 e. The maximum atomic E-state index is 11.9. The van der Waals surface area contributed by atoms with Crippen molar-refractivity contribution in [1.82, 2.24) is 30.5 Å². The Morgan fingerprint density at radius 1 is 1.36 bits per heavy atom. The van der Waals surface area contributed by atoms with Crippen molar-refractivity contribution < 1.29 is 9.42 Å². The van der Waals surface area contributed by atoms with Crippen LogP contribution in [0.15, 0.2) is 28.0 Å². The first-order valence-corrected chi connectivity index (χ1v) is 8.50. The van der Waals surface area contributed by atoms with Crippen molar-refractivity contribution in [2.45, 2.75) is 12.1 Å². The second-order valence-corrected chi connectivity index (χ2v) is 6.52. The number of rotatable bonds is 4. The van der Waals surface area contributed by atoms with Crippen molar-refractivity contribution in [1.29, 1.82) is 0 Å². The summed E-state index contributed by atoms with van der Waals surface area (Å²) in [5, 5.41) is 19.9. The van der Waals surface area contributed by atoms with Crippen molar-refractivity contribution >= 4 is 57.2 Å². The summed E-state index contributed by atoms with van der Waals surface area (Å²) >= 11 is 7.18. The van der Waals surface area contributed by atoms with Crippen LogP contribution in [0.3, 0.4) is 0 Å². The summed E-state index contributed by atoms with van der Waals surface area (Å²) in [7, 11) is 0. The summed E-state index contributed by atoms with van der Waals surface area (Å²) in [6.45, 7) is 1.68. The first-order valence-electron chi connectivity index (χ1n) is 7.13. The first-order chi connectivity index (χ1) is 12.1. The predicted octanol–water partition coefficient (Wildman–Crippen LogP) is 2.58. The third kappa shape index (κ3) is 3.13. The molecule has 0 unspecified atom stereocenters. The van der Waals surface area contributed by atoms with Crippen LogP contribution in [0, 0.1) is 6.92 Å². The molecule has 9 nitrogen and oxygen atoms in total. The highest BCUT2D eigenvalue weighted by molar-refractivity contribution is 7.99. The van der Waals surface area contributed by atoms with E-state index in [-0.39, 0.29) is 11.7 Å². The molecule has 0 atom stereocenters. The Morgan fingerprint density at radius 2 is 2.24 bits per heavy atom. The number of carbonyl (C=O) groups excluding carboxylic acids is 1. The van der Waals surface area contributed by atoms with E-state index in [1.54, 1.807) is 19.1 Å². The van der Waals surface area contributed by atoms with E-state index in [1.807, 2.05) is 6.07 Å². The second kappa shape index (κ2) is 6.30. The molecule has 0 fully saturated rings. The third-order valence-electron chi connectivity index (χ3n) is 3.40. The summed E-state index contributed by atoms with van der Waals surface area (Å²) in [5.74, 6) is 0.134. The number of hydrogen-bond acceptors (Lipinski definition) is 8. The van der Waals surface area contributed by atoms with E-state index in [4.69, 9.17) is 11.6 Å². The number of benzene rings is 1. The van der Waals surface area contributed by atoms with Gasteiger partial charge < -0.3 is 10.3 Å². The Morgan fingerprint density at radius 3 is 3.04 bits per heavy atom. The van der Waals surface area contributed by atoms with E-state index in [0.717, 1.165) is 22.7 Å². The lowest BCUT2D eigenvalue weighted by atomic mass is 10.2. The molecule has 11 heteroatoms. The van der Waals surface area contributed by atoms with Crippen LogP contribution in [0.5, 0.6) is 0 Å². The Kier molecular flexibility index (Phi) is 3.98. The lowest BCUT2D eigenvalue weighted by molar-refractivity contribution is -0.113. The van der Waals surface area contributed by atoms with E-state index < -0.39 is 0 Å². The number of aromatic amines is 1. The van der Waals surface area contributed by atoms with Crippen LogP contribution >= 0.6 is 23.4 Å². The van der Waals surface area contributed by atoms with Gasteiger partial charge in [-0.15, -0.1) is 10.2 Å². The fourth-order valence-electron chi connectivity index (χ4n) is 2.23. The highest BCUT2D eigenvalue weighted by Crippen LogP contribution is 2.26. The quantitative estimate of drug-likeness (QED) is 0.522. The molecule has 0 aliphatic carbocycles. The number of amides is 1. The SMILES string of the molecule is Cc1nonc1NC(=O)CSc1nnc2c(n1)[nH]c1ccc(Cl)cc12. The van der Waals surface area contributed by atoms with E-state index in [1.165, 1.54) is 0 Å². The minimum absolute atomic E-state index is 0.103. The van der Waals surface area contributed by atoms with Crippen LogP contribution in [0.2, 0.25) is 5.02 Å². The summed E-state index contributed by atoms with van der Waals surface area (Å²) in [6.07, 6.45) is 0. The van der Waals surface area contributed by atoms with E-state index in [9.17, 15) is 4.79 Å². The Hall–Kier alpha value is -2.72. The van der Waals surface area contributed by atoms with Gasteiger partial charge in [0.2, 0.25) is 11.1 Å². The van der Waals surface area contributed by atoms with E-state index >= 15 is 0 Å². The number of aromatic nitrogens is 6. The fraction of sp³-hybridized carbons (Fsp3) is 0.143. The molecule has 1 amide bonds. The van der Waals surface area contributed by atoms with Crippen LogP contribution in [0.1, 0.15) is 5.69 Å². The van der Waals surface area contributed by atoms with Crippen LogP contribution < -0.4 is 5.32 Å². The summed E-state index contributed by atoms with van der Waals surface area (Å²) in [4.78, 5) is 19.5. The molecule has 0 saturated carbocycles. The molecule has 25 heavy (non-hydrogen) atoms. The van der Waals surface area contributed by atoms with Gasteiger partial charge in [0.15, 0.2) is 11.5 Å². The Labute approximate surface area is 149 Å². The standard InChI is InChI=1S/C14H10ClN7O2S/c1-6-12(22-24-21-6)17-10(23)5-25-14-18-13-11(19-20-14)8-4-7(15)2-3-9(8)16-13/h2-4H,5H2,1H3,(H,16,18,20)(H,17,22,23). The predicted molar refractivity (Wildman–Crippen MR) is 92.6 cm³/mol. The molecule has 0 radical (unpaired) electrons. The van der Waals surface area contributed by atoms with Crippen LogP contribution in [-0.2, 0) is 4.79 Å². The molecule has 3 aromatic heterocycles. The maximum absolute atomic E-state index is 11.9. The normalized spacial score (nSPS) is 11.3. The first kappa shape index (κ1) is 15.8. The number of fused-ring (bicyclic) bond motifs is 3. The van der Waals surface area contributed by atoms with Crippen LogP contribution in [0.4, 0.5) is 5.82 Å². The monoisotopic (exact) mass is 375 g/mol. The topological polar surface area (TPSA) is 122 Å². The van der Waals surface area contributed by atoms with E-state index in [2.05, 4.69) is 40.4 Å². The third-order valence-corrected chi connectivity index (χ3v) is 4.47. The van der Waals surface area contributed by atoms with Gasteiger partial charge in [-0.1, -0.05) is 28.5 Å². The highest BCUT2D eigenvalue weighted by Gasteiger charge is 2.13. The number of thioether (sulfide) groups is 1. The summed E-state index contributed by atoms with van der Waals surface area (Å²) < 4.78 is 4.52. The van der Waals surface area contributed by atoms with Gasteiger partial charge in [-0.25, -0.2) is 9.61 Å². The minimum atomic E-state index is -0.268. The Bertz CT molecular complexity index is 1090. The molecular formula is C14H10ClN7O2S. The van der Waals surface area contributed by atoms with Gasteiger partial charge in [-0.3, -0.25) is 4.79 Å². The van der Waals surface area contributed by atoms with Gasteiger partial charge in [0.25, 0.3) is 0 Å². The highest BCUT2D eigenvalue weighted by atomic mass is 35.5. The van der Waals surface area contributed by atoms with Gasteiger partial charge >= 0.3 is 0 Å². The molecule has 0 spiro atoms. The van der Waals surface area contributed by atoms with Gasteiger partial charge in [0.05, 0.1) is 5.75 Å².